The molecule has 0 aromatic rings. The van der Waals surface area contributed by atoms with Crippen LogP contribution in [-0.4, -0.2) is 11.7 Å². The summed E-state index contributed by atoms with van der Waals surface area (Å²) in [5, 5.41) is 0. The van der Waals surface area contributed by atoms with E-state index in [4.69, 9.17) is 4.74 Å². The third-order valence-electron chi connectivity index (χ3n) is 4.64. The van der Waals surface area contributed by atoms with E-state index in [1.807, 2.05) is 0 Å². The highest BCUT2D eigenvalue weighted by Gasteiger charge is 2.72. The molecule has 1 saturated heterocycles. The molecule has 0 N–H and O–H groups in total. The Morgan fingerprint density at radius 2 is 1.91 bits per heavy atom. The molecule has 1 nitrogen and oxygen atoms in total. The zero-order valence-electron chi connectivity index (χ0n) is 7.55. The minimum absolute atomic E-state index is 0.304. The van der Waals surface area contributed by atoms with Crippen molar-refractivity contribution in [3.63, 3.8) is 0 Å². The van der Waals surface area contributed by atoms with Gasteiger partial charge in [-0.2, -0.15) is 0 Å². The van der Waals surface area contributed by atoms with Crippen LogP contribution in [0.2, 0.25) is 0 Å². The molecule has 11 heavy (non-hydrogen) atoms. The van der Waals surface area contributed by atoms with Gasteiger partial charge in [-0.1, -0.05) is 13.8 Å². The van der Waals surface area contributed by atoms with E-state index in [2.05, 4.69) is 20.8 Å². The zero-order valence-corrected chi connectivity index (χ0v) is 7.55. The van der Waals surface area contributed by atoms with Gasteiger partial charge in [-0.25, -0.2) is 0 Å². The van der Waals surface area contributed by atoms with Gasteiger partial charge in [0, 0.05) is 0 Å². The standard InChI is InChI=1S/C10H16O/c1-9(2)6-4-7(9)10(3)8(5-6)11-10/h6-8H,4-5H2,1-3H3/t6?,7-,8?,10-/m1/s1. The Morgan fingerprint density at radius 3 is 2.36 bits per heavy atom. The predicted octanol–water partition coefficient (Wildman–Crippen LogP) is 2.21. The molecule has 1 heteroatoms. The van der Waals surface area contributed by atoms with Crippen molar-refractivity contribution in [1.82, 2.24) is 0 Å². The zero-order chi connectivity index (χ0) is 7.85. The fraction of sp³-hybridized carbons (Fsp3) is 1.00. The highest BCUT2D eigenvalue weighted by molar-refractivity contribution is 5.20. The van der Waals surface area contributed by atoms with Gasteiger partial charge in [0.25, 0.3) is 0 Å². The second-order valence-electron chi connectivity index (χ2n) is 5.33. The van der Waals surface area contributed by atoms with Gasteiger partial charge in [-0.15, -0.1) is 0 Å². The molecule has 4 atom stereocenters. The summed E-state index contributed by atoms with van der Waals surface area (Å²) in [6.07, 6.45) is 3.40. The second-order valence-corrected chi connectivity index (χ2v) is 5.33. The van der Waals surface area contributed by atoms with E-state index in [1.165, 1.54) is 12.8 Å². The number of epoxide rings is 1. The molecule has 2 bridgehead atoms. The van der Waals surface area contributed by atoms with E-state index in [1.54, 1.807) is 0 Å². The average Bonchev–Trinajstić information content (AvgIpc) is 2.58. The SMILES string of the molecule is CC1(C)C2CC3O[C@]3(C)[C@@H]1C2. The van der Waals surface area contributed by atoms with Crippen LogP contribution in [0, 0.1) is 17.3 Å². The molecular weight excluding hydrogens is 136 g/mol. The summed E-state index contributed by atoms with van der Waals surface area (Å²) in [6, 6.07) is 0. The highest BCUT2D eigenvalue weighted by atomic mass is 16.6. The van der Waals surface area contributed by atoms with Crippen molar-refractivity contribution in [2.24, 2.45) is 17.3 Å². The van der Waals surface area contributed by atoms with Gasteiger partial charge in [0.05, 0.1) is 11.7 Å². The van der Waals surface area contributed by atoms with Crippen molar-refractivity contribution in [1.29, 1.82) is 0 Å². The maximum atomic E-state index is 5.75. The molecular formula is C10H16O. The molecule has 4 aliphatic rings. The second kappa shape index (κ2) is 1.39. The van der Waals surface area contributed by atoms with Crippen molar-refractivity contribution >= 4 is 0 Å². The first kappa shape index (κ1) is 6.47. The Hall–Kier alpha value is -0.0400. The molecule has 0 radical (unpaired) electrons. The summed E-state index contributed by atoms with van der Waals surface area (Å²) in [5.74, 6) is 1.83. The Balaban J connectivity index is 1.98. The predicted molar refractivity (Wildman–Crippen MR) is 43.3 cm³/mol. The molecule has 2 unspecified atom stereocenters. The number of hydrogen-bond acceptors (Lipinski definition) is 1. The van der Waals surface area contributed by atoms with Crippen LogP contribution in [0.1, 0.15) is 33.6 Å². The van der Waals surface area contributed by atoms with Crippen molar-refractivity contribution in [3.8, 4) is 0 Å². The van der Waals surface area contributed by atoms with Gasteiger partial charge in [-0.05, 0) is 37.0 Å². The topological polar surface area (TPSA) is 12.5 Å². The lowest BCUT2D eigenvalue weighted by Gasteiger charge is -2.57. The fourth-order valence-electron chi connectivity index (χ4n) is 3.51. The Morgan fingerprint density at radius 1 is 1.18 bits per heavy atom. The molecule has 4 fully saturated rings. The maximum absolute atomic E-state index is 5.75. The monoisotopic (exact) mass is 152 g/mol. The first-order valence-electron chi connectivity index (χ1n) is 4.73. The normalized spacial score (nSPS) is 63.0. The van der Waals surface area contributed by atoms with Crippen LogP contribution in [0.3, 0.4) is 0 Å². The largest absolute Gasteiger partial charge is 0.366 e. The highest BCUT2D eigenvalue weighted by Crippen LogP contribution is 2.70. The van der Waals surface area contributed by atoms with E-state index in [0.29, 0.717) is 17.1 Å². The summed E-state index contributed by atoms with van der Waals surface area (Å²) >= 11 is 0. The van der Waals surface area contributed by atoms with Crippen LogP contribution in [0.25, 0.3) is 0 Å². The molecule has 0 spiro atoms. The molecule has 1 heterocycles. The van der Waals surface area contributed by atoms with Gasteiger partial charge >= 0.3 is 0 Å². The molecule has 0 amide bonds. The Bertz CT molecular complexity index is 216. The summed E-state index contributed by atoms with van der Waals surface area (Å²) in [5.41, 5.74) is 0.889. The number of rotatable bonds is 0. The minimum atomic E-state index is 0.304. The minimum Gasteiger partial charge on any atom is -0.366 e. The van der Waals surface area contributed by atoms with Gasteiger partial charge < -0.3 is 4.74 Å². The lowest BCUT2D eigenvalue weighted by molar-refractivity contribution is -0.0789. The van der Waals surface area contributed by atoms with Crippen LogP contribution in [-0.2, 0) is 4.74 Å². The number of hydrogen-bond donors (Lipinski definition) is 0. The summed E-state index contributed by atoms with van der Waals surface area (Å²) in [4.78, 5) is 0. The van der Waals surface area contributed by atoms with Crippen LogP contribution in [0.4, 0.5) is 0 Å². The van der Waals surface area contributed by atoms with Gasteiger partial charge in [0.1, 0.15) is 0 Å². The van der Waals surface area contributed by atoms with Crippen molar-refractivity contribution < 1.29 is 4.74 Å². The van der Waals surface area contributed by atoms with Crippen LogP contribution in [0.15, 0.2) is 0 Å². The third kappa shape index (κ3) is 0.516. The fourth-order valence-corrected chi connectivity index (χ4v) is 3.51. The molecule has 4 rings (SSSR count). The molecule has 3 saturated carbocycles. The maximum Gasteiger partial charge on any atom is 0.0953 e. The first-order valence-corrected chi connectivity index (χ1v) is 4.73. The Labute approximate surface area is 68.1 Å². The van der Waals surface area contributed by atoms with Crippen molar-refractivity contribution in [3.05, 3.63) is 0 Å². The van der Waals surface area contributed by atoms with Gasteiger partial charge in [0.15, 0.2) is 0 Å². The van der Waals surface area contributed by atoms with Crippen LogP contribution < -0.4 is 0 Å². The van der Waals surface area contributed by atoms with E-state index >= 15 is 0 Å². The Kier molecular flexibility index (Phi) is 0.820. The van der Waals surface area contributed by atoms with E-state index < -0.39 is 0 Å². The molecule has 0 aromatic heterocycles. The lowest BCUT2D eigenvalue weighted by Crippen LogP contribution is -2.56. The van der Waals surface area contributed by atoms with Crippen molar-refractivity contribution in [2.75, 3.05) is 0 Å². The van der Waals surface area contributed by atoms with Gasteiger partial charge in [-0.3, -0.25) is 0 Å². The smallest absolute Gasteiger partial charge is 0.0953 e. The van der Waals surface area contributed by atoms with E-state index in [-0.39, 0.29) is 0 Å². The first-order chi connectivity index (χ1) is 5.05. The van der Waals surface area contributed by atoms with Gasteiger partial charge in [0.2, 0.25) is 0 Å². The van der Waals surface area contributed by atoms with E-state index in [0.717, 1.165) is 11.8 Å². The van der Waals surface area contributed by atoms with Crippen LogP contribution >= 0.6 is 0 Å². The average molecular weight is 152 g/mol. The van der Waals surface area contributed by atoms with Crippen LogP contribution in [0.5, 0.6) is 0 Å². The lowest BCUT2D eigenvalue weighted by atomic mass is 9.46. The third-order valence-corrected chi connectivity index (χ3v) is 4.64. The summed E-state index contributed by atoms with van der Waals surface area (Å²) in [6.45, 7) is 7.13. The molecule has 1 aliphatic heterocycles. The summed E-state index contributed by atoms with van der Waals surface area (Å²) in [7, 11) is 0. The van der Waals surface area contributed by atoms with E-state index in [9.17, 15) is 0 Å². The molecule has 3 aliphatic carbocycles. The molecule has 0 aromatic carbocycles. The van der Waals surface area contributed by atoms with Crippen molar-refractivity contribution in [2.45, 2.75) is 45.3 Å². The molecule has 62 valence electrons. The summed E-state index contributed by atoms with van der Waals surface area (Å²) < 4.78 is 5.75. The number of ether oxygens (including phenoxy) is 1. The quantitative estimate of drug-likeness (QED) is 0.485.